The average Bonchev–Trinajstić information content (AvgIpc) is 3.40. The van der Waals surface area contributed by atoms with Crippen molar-refractivity contribution >= 4 is 39.6 Å². The van der Waals surface area contributed by atoms with E-state index in [9.17, 15) is 26.7 Å². The molecular weight excluding hydrogens is 509 g/mol. The molecule has 2 aliphatic rings. The highest BCUT2D eigenvalue weighted by Gasteiger charge is 2.33. The van der Waals surface area contributed by atoms with Crippen LogP contribution in [0, 0.1) is 17.6 Å². The van der Waals surface area contributed by atoms with Crippen LogP contribution in [0.25, 0.3) is 10.9 Å². The summed E-state index contributed by atoms with van der Waals surface area (Å²) in [6.07, 6.45) is -0.162. The predicted octanol–water partition coefficient (Wildman–Crippen LogP) is 4.03. The largest absolute Gasteiger partial charge is 0.408 e. The standard InChI is InChI=1S/C25H24F5N7O/c1-14-11-35(12-18(14)31)22-15-10-32-37(13-25(28,29)30)21(15)8-7-19(22)33-24(38)20-6-3-9-36(34-20)23-16(26)4-2-5-17(23)27/h2-8,10,14,18H,9,11-13,31H2,1H3,(H,33,38)/t14-,18+/m1/s1. The first-order valence-corrected chi connectivity index (χ1v) is 11.9. The highest BCUT2D eigenvalue weighted by atomic mass is 19.4. The lowest BCUT2D eigenvalue weighted by molar-refractivity contribution is -0.141. The van der Waals surface area contributed by atoms with Crippen molar-refractivity contribution in [3.8, 4) is 0 Å². The Morgan fingerprint density at radius 2 is 1.87 bits per heavy atom. The molecule has 1 aromatic heterocycles. The Hall–Kier alpha value is -4.00. The zero-order valence-corrected chi connectivity index (χ0v) is 20.2. The molecule has 3 aromatic rings. The Balaban J connectivity index is 1.50. The SMILES string of the molecule is C[C@@H]1CN(c2c(NC(=O)C3=NN(c4c(F)cccc4F)CC=C3)ccc3c2cnn3CC(F)(F)F)C[C@@H]1N. The number of fused-ring (bicyclic) bond motifs is 1. The molecule has 2 aliphatic heterocycles. The maximum Gasteiger partial charge on any atom is 0.408 e. The van der Waals surface area contributed by atoms with Gasteiger partial charge in [-0.25, -0.2) is 8.78 Å². The third kappa shape index (κ3) is 4.93. The molecule has 5 rings (SSSR count). The van der Waals surface area contributed by atoms with E-state index in [0.29, 0.717) is 29.9 Å². The number of para-hydroxylation sites is 1. The van der Waals surface area contributed by atoms with Crippen molar-refractivity contribution in [2.75, 3.05) is 34.9 Å². The third-order valence-electron chi connectivity index (χ3n) is 6.57. The number of nitrogens with two attached hydrogens (primary N) is 1. The molecule has 1 fully saturated rings. The van der Waals surface area contributed by atoms with Gasteiger partial charge in [0.15, 0.2) is 11.6 Å². The maximum atomic E-state index is 14.3. The van der Waals surface area contributed by atoms with Crippen molar-refractivity contribution in [1.82, 2.24) is 9.78 Å². The number of carbonyl (C=O) groups excluding carboxylic acids is 1. The maximum absolute atomic E-state index is 14.3. The smallest absolute Gasteiger partial charge is 0.367 e. The molecule has 0 bridgehead atoms. The molecule has 13 heteroatoms. The lowest BCUT2D eigenvalue weighted by Crippen LogP contribution is -2.31. The van der Waals surface area contributed by atoms with Crippen LogP contribution >= 0.6 is 0 Å². The van der Waals surface area contributed by atoms with Crippen LogP contribution in [0.15, 0.2) is 53.8 Å². The molecule has 3 heterocycles. The lowest BCUT2D eigenvalue weighted by Gasteiger charge is -2.25. The molecule has 200 valence electrons. The molecule has 38 heavy (non-hydrogen) atoms. The molecule has 0 radical (unpaired) electrons. The number of nitrogens with zero attached hydrogens (tertiary/aromatic N) is 5. The summed E-state index contributed by atoms with van der Waals surface area (Å²) in [5, 5.41) is 12.3. The summed E-state index contributed by atoms with van der Waals surface area (Å²) in [5.74, 6) is -2.21. The van der Waals surface area contributed by atoms with Crippen LogP contribution in [-0.4, -0.2) is 53.3 Å². The molecule has 2 atom stereocenters. The molecular formula is C25H24F5N7O. The van der Waals surface area contributed by atoms with E-state index >= 15 is 0 Å². The van der Waals surface area contributed by atoms with Crippen LogP contribution in [0.5, 0.6) is 0 Å². The normalized spacial score (nSPS) is 19.8. The fraction of sp³-hybridized carbons (Fsp3) is 0.320. The monoisotopic (exact) mass is 533 g/mol. The molecule has 0 spiro atoms. The van der Waals surface area contributed by atoms with Crippen LogP contribution in [0.3, 0.4) is 0 Å². The van der Waals surface area contributed by atoms with Gasteiger partial charge in [-0.3, -0.25) is 14.5 Å². The second-order valence-electron chi connectivity index (χ2n) is 9.35. The Labute approximate surface area is 214 Å². The molecule has 0 saturated carbocycles. The number of rotatable bonds is 5. The van der Waals surface area contributed by atoms with E-state index < -0.39 is 30.3 Å². The molecule has 0 aliphatic carbocycles. The van der Waals surface area contributed by atoms with Gasteiger partial charge in [-0.2, -0.15) is 23.4 Å². The Bertz CT molecular complexity index is 1420. The van der Waals surface area contributed by atoms with Gasteiger partial charge in [0.25, 0.3) is 5.91 Å². The van der Waals surface area contributed by atoms with Crippen molar-refractivity contribution in [2.45, 2.75) is 25.7 Å². The number of hydrazone groups is 1. The van der Waals surface area contributed by atoms with Gasteiger partial charge in [-0.1, -0.05) is 19.1 Å². The number of alkyl halides is 3. The van der Waals surface area contributed by atoms with E-state index in [2.05, 4.69) is 15.5 Å². The van der Waals surface area contributed by atoms with Gasteiger partial charge < -0.3 is 16.0 Å². The average molecular weight is 534 g/mol. The summed E-state index contributed by atoms with van der Waals surface area (Å²) in [6, 6.07) is 6.19. The van der Waals surface area contributed by atoms with Crippen LogP contribution in [-0.2, 0) is 11.3 Å². The van der Waals surface area contributed by atoms with Crippen LogP contribution < -0.4 is 21.0 Å². The lowest BCUT2D eigenvalue weighted by atomic mass is 10.1. The van der Waals surface area contributed by atoms with Gasteiger partial charge in [0.05, 0.1) is 29.6 Å². The Kier molecular flexibility index (Phi) is 6.55. The second-order valence-corrected chi connectivity index (χ2v) is 9.35. The second kappa shape index (κ2) is 9.71. The number of benzene rings is 2. The minimum Gasteiger partial charge on any atom is -0.367 e. The van der Waals surface area contributed by atoms with E-state index in [1.807, 2.05) is 11.8 Å². The first-order valence-electron chi connectivity index (χ1n) is 11.9. The minimum absolute atomic E-state index is 0.0494. The van der Waals surface area contributed by atoms with Crippen molar-refractivity contribution in [3.63, 3.8) is 0 Å². The summed E-state index contributed by atoms with van der Waals surface area (Å²) in [5.41, 5.74) is 6.77. The summed E-state index contributed by atoms with van der Waals surface area (Å²) >= 11 is 0. The molecule has 0 unspecified atom stereocenters. The number of anilines is 3. The van der Waals surface area contributed by atoms with Crippen molar-refractivity contribution in [3.05, 3.63) is 60.3 Å². The van der Waals surface area contributed by atoms with E-state index in [4.69, 9.17) is 5.73 Å². The van der Waals surface area contributed by atoms with Crippen molar-refractivity contribution < 1.29 is 26.7 Å². The summed E-state index contributed by atoms with van der Waals surface area (Å²) < 4.78 is 68.7. The molecule has 1 amide bonds. The zero-order chi connectivity index (χ0) is 27.2. The fourth-order valence-corrected chi connectivity index (χ4v) is 4.70. The molecule has 3 N–H and O–H groups in total. The number of carbonyl (C=O) groups is 1. The van der Waals surface area contributed by atoms with Gasteiger partial charge in [0, 0.05) is 24.5 Å². The third-order valence-corrected chi connectivity index (χ3v) is 6.57. The fourth-order valence-electron chi connectivity index (χ4n) is 4.70. The van der Waals surface area contributed by atoms with Gasteiger partial charge in [0.1, 0.15) is 17.9 Å². The quantitative estimate of drug-likeness (QED) is 0.484. The summed E-state index contributed by atoms with van der Waals surface area (Å²) in [6.45, 7) is 1.70. The number of amides is 1. The molecule has 2 aromatic carbocycles. The summed E-state index contributed by atoms with van der Waals surface area (Å²) in [7, 11) is 0. The summed E-state index contributed by atoms with van der Waals surface area (Å²) in [4.78, 5) is 15.1. The number of hydrogen-bond acceptors (Lipinski definition) is 6. The zero-order valence-electron chi connectivity index (χ0n) is 20.2. The van der Waals surface area contributed by atoms with Crippen molar-refractivity contribution in [1.29, 1.82) is 0 Å². The van der Waals surface area contributed by atoms with Gasteiger partial charge in [-0.15, -0.1) is 0 Å². The Morgan fingerprint density at radius 1 is 1.13 bits per heavy atom. The number of aromatic nitrogens is 2. The van der Waals surface area contributed by atoms with E-state index in [1.54, 1.807) is 6.08 Å². The van der Waals surface area contributed by atoms with Gasteiger partial charge in [-0.05, 0) is 36.3 Å². The molecule has 1 saturated heterocycles. The van der Waals surface area contributed by atoms with Crippen molar-refractivity contribution in [2.24, 2.45) is 16.8 Å². The van der Waals surface area contributed by atoms with E-state index in [1.165, 1.54) is 30.5 Å². The van der Waals surface area contributed by atoms with E-state index in [0.717, 1.165) is 21.8 Å². The first kappa shape index (κ1) is 25.6. The van der Waals surface area contributed by atoms with Crippen LogP contribution in [0.2, 0.25) is 0 Å². The highest BCUT2D eigenvalue weighted by Crippen LogP contribution is 2.38. The van der Waals surface area contributed by atoms with Crippen LogP contribution in [0.1, 0.15) is 6.92 Å². The topological polar surface area (TPSA) is 91.8 Å². The first-order chi connectivity index (χ1) is 18.0. The van der Waals surface area contributed by atoms with E-state index in [-0.39, 0.29) is 35.4 Å². The number of hydrogen-bond donors (Lipinski definition) is 2. The van der Waals surface area contributed by atoms with Gasteiger partial charge in [0.2, 0.25) is 0 Å². The highest BCUT2D eigenvalue weighted by molar-refractivity contribution is 6.47. The minimum atomic E-state index is -4.47. The van der Waals surface area contributed by atoms with Crippen LogP contribution in [0.4, 0.5) is 39.0 Å². The predicted molar refractivity (Wildman–Crippen MR) is 134 cm³/mol. The number of halogens is 5. The Morgan fingerprint density at radius 3 is 2.53 bits per heavy atom. The number of nitrogens with one attached hydrogen (secondary N) is 1. The molecule has 8 nitrogen and oxygen atoms in total. The van der Waals surface area contributed by atoms with Gasteiger partial charge >= 0.3 is 6.18 Å².